The minimum absolute atomic E-state index is 0.0589. The van der Waals surface area contributed by atoms with Crippen molar-refractivity contribution in [2.75, 3.05) is 0 Å². The molecule has 1 aliphatic carbocycles. The second-order valence-corrected chi connectivity index (χ2v) is 9.74. The molecule has 5 rings (SSSR count). The molecule has 2 heterocycles. The number of carbonyl (C=O) groups excluding carboxylic acids is 1. The number of ketones is 1. The predicted octanol–water partition coefficient (Wildman–Crippen LogP) is 6.12. The van der Waals surface area contributed by atoms with Gasteiger partial charge in [0.1, 0.15) is 5.76 Å². The Balaban J connectivity index is 1.59. The van der Waals surface area contributed by atoms with Crippen molar-refractivity contribution < 1.29 is 14.6 Å². The van der Waals surface area contributed by atoms with Gasteiger partial charge in [-0.3, -0.25) is 4.79 Å². The highest BCUT2D eigenvalue weighted by molar-refractivity contribution is 6.31. The number of ether oxygens (including phenoxy) is 1. The number of allylic oxidation sites excluding steroid dienone is 1. The lowest BCUT2D eigenvalue weighted by Crippen LogP contribution is -2.33. The maximum atomic E-state index is 13.6. The third-order valence-corrected chi connectivity index (χ3v) is 7.97. The van der Waals surface area contributed by atoms with Gasteiger partial charge in [-0.2, -0.15) is 0 Å². The lowest BCUT2D eigenvalue weighted by atomic mass is 9.72. The second kappa shape index (κ2) is 7.50. The van der Waals surface area contributed by atoms with E-state index in [0.29, 0.717) is 5.57 Å². The van der Waals surface area contributed by atoms with Gasteiger partial charge in [-0.1, -0.05) is 55.3 Å². The zero-order chi connectivity index (χ0) is 22.0. The summed E-state index contributed by atoms with van der Waals surface area (Å²) in [4.78, 5) is 13.6. The van der Waals surface area contributed by atoms with Gasteiger partial charge in [-0.25, -0.2) is 0 Å². The van der Waals surface area contributed by atoms with E-state index in [2.05, 4.69) is 39.0 Å². The van der Waals surface area contributed by atoms with Crippen molar-refractivity contribution in [3.8, 4) is 0 Å². The minimum Gasteiger partial charge on any atom is -0.511 e. The lowest BCUT2D eigenvalue weighted by molar-refractivity contribution is -0.118. The number of hydrogen-bond acceptors (Lipinski definition) is 3. The van der Waals surface area contributed by atoms with E-state index < -0.39 is 0 Å². The number of halogens is 1. The van der Waals surface area contributed by atoms with Gasteiger partial charge in [0.15, 0.2) is 5.78 Å². The number of aliphatic hydroxyl groups excluding tert-OH is 1. The summed E-state index contributed by atoms with van der Waals surface area (Å²) in [6.07, 6.45) is 2.13. The highest BCUT2D eigenvalue weighted by Crippen LogP contribution is 2.58. The summed E-state index contributed by atoms with van der Waals surface area (Å²) in [7, 11) is 0. The molecule has 2 bridgehead atoms. The van der Waals surface area contributed by atoms with E-state index in [0.717, 1.165) is 52.1 Å². The molecule has 2 aromatic carbocycles. The molecule has 3 nitrogen and oxygen atoms in total. The van der Waals surface area contributed by atoms with Gasteiger partial charge in [-0.05, 0) is 67.0 Å². The molecule has 0 amide bonds. The van der Waals surface area contributed by atoms with Crippen LogP contribution in [0.25, 0.3) is 5.57 Å². The number of fused-ring (bicyclic) bond motifs is 5. The fraction of sp³-hybridized carbons (Fsp3) is 0.444. The molecule has 2 saturated heterocycles. The first-order chi connectivity index (χ1) is 14.8. The van der Waals surface area contributed by atoms with Crippen molar-refractivity contribution in [1.82, 2.24) is 0 Å². The predicted molar refractivity (Wildman–Crippen MR) is 124 cm³/mol. The van der Waals surface area contributed by atoms with Crippen LogP contribution in [0.4, 0.5) is 0 Å². The van der Waals surface area contributed by atoms with Crippen LogP contribution in [0.15, 0.2) is 36.1 Å². The average molecular weight is 437 g/mol. The highest BCUT2D eigenvalue weighted by atomic mass is 35.5. The van der Waals surface area contributed by atoms with Crippen molar-refractivity contribution in [2.24, 2.45) is 11.8 Å². The van der Waals surface area contributed by atoms with Crippen LogP contribution in [0.1, 0.15) is 59.6 Å². The van der Waals surface area contributed by atoms with E-state index in [9.17, 15) is 9.90 Å². The van der Waals surface area contributed by atoms with E-state index in [4.69, 9.17) is 16.3 Å². The Morgan fingerprint density at radius 2 is 1.74 bits per heavy atom. The maximum Gasteiger partial charge on any atom is 0.173 e. The third-order valence-electron chi connectivity index (χ3n) is 7.56. The zero-order valence-electron chi connectivity index (χ0n) is 18.5. The molecule has 4 heteroatoms. The Labute approximate surface area is 189 Å². The van der Waals surface area contributed by atoms with Crippen LogP contribution in [-0.2, 0) is 22.4 Å². The first-order valence-electron chi connectivity index (χ1n) is 11.4. The molecule has 0 spiro atoms. The van der Waals surface area contributed by atoms with Gasteiger partial charge in [0.25, 0.3) is 0 Å². The fourth-order valence-electron chi connectivity index (χ4n) is 6.09. The number of carbonyl (C=O) groups is 1. The second-order valence-electron chi connectivity index (χ2n) is 9.33. The van der Waals surface area contributed by atoms with E-state index in [1.54, 1.807) is 0 Å². The molecule has 31 heavy (non-hydrogen) atoms. The minimum atomic E-state index is -0.270. The molecule has 0 radical (unpaired) electrons. The molecule has 2 aliphatic heterocycles. The number of Topliss-reactive ketones (excluding diaryl/α,β-unsaturated/α-hetero) is 1. The summed E-state index contributed by atoms with van der Waals surface area (Å²) in [6.45, 7) is 8.31. The topological polar surface area (TPSA) is 46.5 Å². The Morgan fingerprint density at radius 3 is 2.35 bits per heavy atom. The molecule has 5 atom stereocenters. The molecular formula is C27H29ClO3. The third kappa shape index (κ3) is 3.01. The van der Waals surface area contributed by atoms with Gasteiger partial charge in [-0.15, -0.1) is 0 Å². The first kappa shape index (κ1) is 20.8. The Hall–Kier alpha value is -2.10. The summed E-state index contributed by atoms with van der Waals surface area (Å²) in [5.41, 5.74) is 7.17. The van der Waals surface area contributed by atoms with Crippen molar-refractivity contribution in [2.45, 2.75) is 65.1 Å². The van der Waals surface area contributed by atoms with Crippen molar-refractivity contribution in [3.63, 3.8) is 0 Å². The first-order valence-corrected chi connectivity index (χ1v) is 11.7. The van der Waals surface area contributed by atoms with Crippen LogP contribution in [0.5, 0.6) is 0 Å². The molecule has 0 unspecified atom stereocenters. The van der Waals surface area contributed by atoms with Gasteiger partial charge in [0.2, 0.25) is 0 Å². The van der Waals surface area contributed by atoms with Crippen LogP contribution >= 0.6 is 11.6 Å². The number of rotatable bonds is 4. The van der Waals surface area contributed by atoms with Crippen LogP contribution in [0.3, 0.4) is 0 Å². The van der Waals surface area contributed by atoms with E-state index in [-0.39, 0.29) is 41.5 Å². The SMILES string of the molecule is CCc1cc(C)cc(CC)c1C1=C(O)[C@@H]2[C@@H]3O[C@@H](C[C@H]3c3ccc(C)c(Cl)c3)[C@@H]2C1=O. The lowest BCUT2D eigenvalue weighted by Gasteiger charge is -2.28. The summed E-state index contributed by atoms with van der Waals surface area (Å²) < 4.78 is 6.28. The molecule has 0 aromatic heterocycles. The Bertz CT molecular complexity index is 1090. The molecule has 2 fully saturated rings. The highest BCUT2D eigenvalue weighted by Gasteiger charge is 2.62. The van der Waals surface area contributed by atoms with Gasteiger partial charge in [0, 0.05) is 10.9 Å². The number of aryl methyl sites for hydroxylation is 4. The zero-order valence-corrected chi connectivity index (χ0v) is 19.3. The summed E-state index contributed by atoms with van der Waals surface area (Å²) in [5.74, 6) is -0.0924. The number of hydrogen-bond donors (Lipinski definition) is 1. The van der Waals surface area contributed by atoms with E-state index in [1.165, 1.54) is 5.56 Å². The molecular weight excluding hydrogens is 408 g/mol. The van der Waals surface area contributed by atoms with Crippen molar-refractivity contribution in [3.05, 3.63) is 74.5 Å². The van der Waals surface area contributed by atoms with Crippen molar-refractivity contribution >= 4 is 23.0 Å². The van der Waals surface area contributed by atoms with Crippen LogP contribution in [0.2, 0.25) is 5.02 Å². The molecule has 3 aliphatic rings. The summed E-state index contributed by atoms with van der Waals surface area (Å²) in [5, 5.41) is 12.2. The molecule has 0 saturated carbocycles. The van der Waals surface area contributed by atoms with E-state index in [1.807, 2.05) is 19.1 Å². The maximum absolute atomic E-state index is 13.6. The molecule has 1 N–H and O–H groups in total. The largest absolute Gasteiger partial charge is 0.511 e. The summed E-state index contributed by atoms with van der Waals surface area (Å²) >= 11 is 6.39. The fourth-order valence-corrected chi connectivity index (χ4v) is 6.28. The smallest absolute Gasteiger partial charge is 0.173 e. The average Bonchev–Trinajstić information content (AvgIpc) is 3.41. The Kier molecular flexibility index (Phi) is 5.02. The van der Waals surface area contributed by atoms with Gasteiger partial charge < -0.3 is 9.84 Å². The van der Waals surface area contributed by atoms with Gasteiger partial charge >= 0.3 is 0 Å². The van der Waals surface area contributed by atoms with Crippen LogP contribution < -0.4 is 0 Å². The molecule has 162 valence electrons. The monoisotopic (exact) mass is 436 g/mol. The molecule has 2 aromatic rings. The van der Waals surface area contributed by atoms with Crippen LogP contribution in [-0.4, -0.2) is 23.1 Å². The standard InChI is InChI=1S/C27H29ClO3/c1-5-15-9-13(3)10-16(6-2)21(15)23-25(29)22-20-12-18(27(31-20)24(22)26(23)30)17-8-7-14(4)19(28)11-17/h7-11,18,20,22,24,27,30H,5-6,12H2,1-4H3/t18-,20-,22-,24+,27+/m0/s1. The number of aliphatic hydroxyl groups is 1. The van der Waals surface area contributed by atoms with Gasteiger partial charge in [0.05, 0.1) is 29.6 Å². The quantitative estimate of drug-likeness (QED) is 0.627. The number of benzene rings is 2. The normalized spacial score (nSPS) is 29.2. The van der Waals surface area contributed by atoms with E-state index >= 15 is 0 Å². The summed E-state index contributed by atoms with van der Waals surface area (Å²) in [6, 6.07) is 10.5. The Morgan fingerprint density at radius 1 is 1.06 bits per heavy atom. The van der Waals surface area contributed by atoms with Crippen LogP contribution in [0, 0.1) is 25.7 Å². The van der Waals surface area contributed by atoms with Crippen molar-refractivity contribution in [1.29, 1.82) is 0 Å².